The van der Waals surface area contributed by atoms with E-state index in [1.54, 1.807) is 0 Å². The van der Waals surface area contributed by atoms with Crippen molar-refractivity contribution in [2.75, 3.05) is 0 Å². The van der Waals surface area contributed by atoms with Gasteiger partial charge < -0.3 is 5.32 Å². The fourth-order valence-corrected chi connectivity index (χ4v) is 3.21. The highest BCUT2D eigenvalue weighted by Gasteiger charge is 2.22. The van der Waals surface area contributed by atoms with Crippen LogP contribution in [0.25, 0.3) is 11.4 Å². The molecular weight excluding hydrogens is 324 g/mol. The summed E-state index contributed by atoms with van der Waals surface area (Å²) in [6.45, 7) is 5.87. The van der Waals surface area contributed by atoms with Crippen molar-refractivity contribution in [2.24, 2.45) is 0 Å². The first-order valence-corrected chi connectivity index (χ1v) is 9.23. The molecule has 6 heteroatoms. The van der Waals surface area contributed by atoms with Gasteiger partial charge in [-0.1, -0.05) is 44.2 Å². The summed E-state index contributed by atoms with van der Waals surface area (Å²) in [4.78, 5) is 13.7. The van der Waals surface area contributed by atoms with Gasteiger partial charge in [0.2, 0.25) is 0 Å². The van der Waals surface area contributed by atoms with Crippen LogP contribution < -0.4 is 5.32 Å². The number of nitrogens with one attached hydrogen (secondary N) is 1. The maximum atomic E-state index is 4.69. The van der Waals surface area contributed by atoms with Crippen molar-refractivity contribution in [2.45, 2.75) is 51.7 Å². The van der Waals surface area contributed by atoms with Crippen LogP contribution in [-0.4, -0.2) is 30.8 Å². The Morgan fingerprint density at radius 1 is 1.15 bits per heavy atom. The highest BCUT2D eigenvalue weighted by atomic mass is 15.4. The van der Waals surface area contributed by atoms with E-state index in [0.29, 0.717) is 12.0 Å². The van der Waals surface area contributed by atoms with Crippen molar-refractivity contribution < 1.29 is 0 Å². The largest absolute Gasteiger partial charge is 0.307 e. The Morgan fingerprint density at radius 3 is 2.81 bits per heavy atom. The van der Waals surface area contributed by atoms with E-state index >= 15 is 0 Å². The number of rotatable bonds is 5. The molecule has 1 N–H and O–H groups in total. The van der Waals surface area contributed by atoms with Crippen molar-refractivity contribution in [3.05, 3.63) is 59.9 Å². The van der Waals surface area contributed by atoms with E-state index in [1.807, 2.05) is 42.6 Å². The normalized spacial score (nSPS) is 16.7. The van der Waals surface area contributed by atoms with Crippen molar-refractivity contribution in [3.63, 3.8) is 0 Å². The third-order valence-electron chi connectivity index (χ3n) is 4.71. The molecule has 0 fully saturated rings. The minimum atomic E-state index is 0.372. The standard InChI is InChI=1S/C20H24N6/c1-14(2)19-24-18-9-8-17(13-26(18)25-19)22-12-16-10-11-21-20(23-16)15-6-4-3-5-7-15/h3-7,10-11,14,17,22H,8-9,12-13H2,1-2H3. The van der Waals surface area contributed by atoms with Crippen molar-refractivity contribution in [1.29, 1.82) is 0 Å². The second-order valence-electron chi connectivity index (χ2n) is 7.08. The van der Waals surface area contributed by atoms with Gasteiger partial charge in [0.05, 0.1) is 12.2 Å². The first kappa shape index (κ1) is 16.8. The molecule has 0 spiro atoms. The number of hydrogen-bond donors (Lipinski definition) is 1. The Hall–Kier alpha value is -2.60. The Kier molecular flexibility index (Phi) is 4.75. The van der Waals surface area contributed by atoms with E-state index in [1.165, 1.54) is 0 Å². The van der Waals surface area contributed by atoms with Crippen LogP contribution in [0.3, 0.4) is 0 Å². The third kappa shape index (κ3) is 3.65. The van der Waals surface area contributed by atoms with E-state index in [0.717, 1.165) is 54.7 Å². The summed E-state index contributed by atoms with van der Waals surface area (Å²) < 4.78 is 2.06. The summed E-state index contributed by atoms with van der Waals surface area (Å²) in [7, 11) is 0. The molecule has 4 rings (SSSR count). The predicted molar refractivity (Wildman–Crippen MR) is 101 cm³/mol. The lowest BCUT2D eigenvalue weighted by atomic mass is 10.1. The maximum absolute atomic E-state index is 4.69. The van der Waals surface area contributed by atoms with Crippen LogP contribution in [0.4, 0.5) is 0 Å². The van der Waals surface area contributed by atoms with Gasteiger partial charge in [-0.15, -0.1) is 0 Å². The van der Waals surface area contributed by atoms with E-state index < -0.39 is 0 Å². The summed E-state index contributed by atoms with van der Waals surface area (Å²) in [5.41, 5.74) is 2.05. The molecule has 0 saturated heterocycles. The SMILES string of the molecule is CC(C)c1nc2n(n1)CC(NCc1ccnc(-c3ccccc3)n1)CC2. The zero-order valence-corrected chi connectivity index (χ0v) is 15.3. The second kappa shape index (κ2) is 7.33. The summed E-state index contributed by atoms with van der Waals surface area (Å²) in [6.07, 6.45) is 3.88. The molecule has 1 unspecified atom stereocenters. The molecule has 0 aliphatic carbocycles. The van der Waals surface area contributed by atoms with E-state index in [-0.39, 0.29) is 0 Å². The highest BCUT2D eigenvalue weighted by molar-refractivity contribution is 5.54. The highest BCUT2D eigenvalue weighted by Crippen LogP contribution is 2.18. The minimum absolute atomic E-state index is 0.372. The number of hydrogen-bond acceptors (Lipinski definition) is 5. The van der Waals surface area contributed by atoms with Crippen LogP contribution in [0.5, 0.6) is 0 Å². The van der Waals surface area contributed by atoms with Gasteiger partial charge in [0.25, 0.3) is 0 Å². The lowest BCUT2D eigenvalue weighted by Crippen LogP contribution is -2.37. The molecule has 0 saturated carbocycles. The quantitative estimate of drug-likeness (QED) is 0.768. The Labute approximate surface area is 153 Å². The molecule has 6 nitrogen and oxygen atoms in total. The fraction of sp³-hybridized carbons (Fsp3) is 0.400. The van der Waals surface area contributed by atoms with Crippen LogP contribution in [0, 0.1) is 0 Å². The molecule has 3 aromatic rings. The van der Waals surface area contributed by atoms with Gasteiger partial charge in [0, 0.05) is 36.7 Å². The fourth-order valence-electron chi connectivity index (χ4n) is 3.21. The van der Waals surface area contributed by atoms with Gasteiger partial charge in [-0.3, -0.25) is 0 Å². The average molecular weight is 348 g/mol. The lowest BCUT2D eigenvalue weighted by Gasteiger charge is -2.23. The van der Waals surface area contributed by atoms with Crippen LogP contribution in [0.15, 0.2) is 42.6 Å². The Balaban J connectivity index is 1.40. The van der Waals surface area contributed by atoms with Crippen LogP contribution >= 0.6 is 0 Å². The predicted octanol–water partition coefficient (Wildman–Crippen LogP) is 2.96. The van der Waals surface area contributed by atoms with Crippen LogP contribution in [0.1, 0.15) is 43.5 Å². The Morgan fingerprint density at radius 2 is 2.00 bits per heavy atom. The number of nitrogens with zero attached hydrogens (tertiary/aromatic N) is 5. The molecule has 134 valence electrons. The molecule has 0 bridgehead atoms. The van der Waals surface area contributed by atoms with Gasteiger partial charge in [-0.05, 0) is 12.5 Å². The second-order valence-corrected chi connectivity index (χ2v) is 7.08. The number of aromatic nitrogens is 5. The summed E-state index contributed by atoms with van der Waals surface area (Å²) in [6, 6.07) is 12.4. The van der Waals surface area contributed by atoms with E-state index in [4.69, 9.17) is 4.98 Å². The maximum Gasteiger partial charge on any atom is 0.159 e. The molecule has 1 aromatic carbocycles. The van der Waals surface area contributed by atoms with Crippen molar-refractivity contribution >= 4 is 0 Å². The van der Waals surface area contributed by atoms with E-state index in [2.05, 4.69) is 38.9 Å². The van der Waals surface area contributed by atoms with Gasteiger partial charge >= 0.3 is 0 Å². The molecule has 1 aliphatic rings. The van der Waals surface area contributed by atoms with E-state index in [9.17, 15) is 0 Å². The van der Waals surface area contributed by atoms with Crippen molar-refractivity contribution in [3.8, 4) is 11.4 Å². The summed E-state index contributed by atoms with van der Waals surface area (Å²) in [5, 5.41) is 8.27. The third-order valence-corrected chi connectivity index (χ3v) is 4.71. The molecule has 2 aromatic heterocycles. The van der Waals surface area contributed by atoms with Gasteiger partial charge in [-0.25, -0.2) is 19.6 Å². The lowest BCUT2D eigenvalue weighted by molar-refractivity contribution is 0.356. The molecule has 0 radical (unpaired) electrons. The first-order chi connectivity index (χ1) is 12.7. The average Bonchev–Trinajstić information content (AvgIpc) is 3.11. The zero-order valence-electron chi connectivity index (χ0n) is 15.3. The summed E-state index contributed by atoms with van der Waals surface area (Å²) in [5.74, 6) is 3.20. The monoisotopic (exact) mass is 348 g/mol. The molecule has 3 heterocycles. The zero-order chi connectivity index (χ0) is 17.9. The topological polar surface area (TPSA) is 68.5 Å². The first-order valence-electron chi connectivity index (χ1n) is 9.23. The molecule has 1 aliphatic heterocycles. The van der Waals surface area contributed by atoms with Gasteiger partial charge in [-0.2, -0.15) is 5.10 Å². The van der Waals surface area contributed by atoms with Gasteiger partial charge in [0.15, 0.2) is 11.6 Å². The molecule has 1 atom stereocenters. The number of aryl methyl sites for hydroxylation is 1. The number of benzene rings is 1. The minimum Gasteiger partial charge on any atom is -0.307 e. The van der Waals surface area contributed by atoms with Gasteiger partial charge in [0.1, 0.15) is 5.82 Å². The molecule has 0 amide bonds. The van der Waals surface area contributed by atoms with Crippen LogP contribution in [-0.2, 0) is 19.5 Å². The Bertz CT molecular complexity index is 871. The summed E-state index contributed by atoms with van der Waals surface area (Å²) >= 11 is 0. The molecular formula is C20H24N6. The van der Waals surface area contributed by atoms with Crippen LogP contribution in [0.2, 0.25) is 0 Å². The molecule has 26 heavy (non-hydrogen) atoms. The number of fused-ring (bicyclic) bond motifs is 1. The van der Waals surface area contributed by atoms with Crippen molar-refractivity contribution in [1.82, 2.24) is 30.0 Å². The smallest absolute Gasteiger partial charge is 0.159 e.